The standard InChI is InChI=1S/C15H23F2NO2/c1-3-10-18-15(2,11-19)9-8-12-4-6-13(7-5-12)20-14(16)17/h4-7,14,18-19H,3,8-11H2,1-2H3. The number of nitrogens with one attached hydrogen (secondary N) is 1. The summed E-state index contributed by atoms with van der Waals surface area (Å²) in [6.45, 7) is 2.19. The zero-order valence-corrected chi connectivity index (χ0v) is 12.0. The molecule has 0 aliphatic rings. The van der Waals surface area contributed by atoms with Crippen molar-refractivity contribution in [3.8, 4) is 5.75 Å². The van der Waals surface area contributed by atoms with Gasteiger partial charge in [-0.15, -0.1) is 0 Å². The molecule has 0 radical (unpaired) electrons. The molecule has 2 N–H and O–H groups in total. The number of hydrogen-bond acceptors (Lipinski definition) is 3. The third-order valence-corrected chi connectivity index (χ3v) is 3.26. The third-order valence-electron chi connectivity index (χ3n) is 3.26. The van der Waals surface area contributed by atoms with E-state index in [2.05, 4.69) is 17.0 Å². The molecule has 1 atom stereocenters. The monoisotopic (exact) mass is 287 g/mol. The van der Waals surface area contributed by atoms with Gasteiger partial charge in [0.25, 0.3) is 0 Å². The van der Waals surface area contributed by atoms with E-state index in [1.165, 1.54) is 12.1 Å². The molecule has 0 saturated carbocycles. The maximum atomic E-state index is 12.0. The number of rotatable bonds is 9. The second-order valence-corrected chi connectivity index (χ2v) is 5.17. The van der Waals surface area contributed by atoms with Crippen molar-refractivity contribution in [1.82, 2.24) is 5.32 Å². The number of hydrogen-bond donors (Lipinski definition) is 2. The van der Waals surface area contributed by atoms with Gasteiger partial charge in [-0.25, -0.2) is 0 Å². The van der Waals surface area contributed by atoms with Crippen LogP contribution in [0.2, 0.25) is 0 Å². The normalized spacial score (nSPS) is 14.3. The number of ether oxygens (including phenoxy) is 1. The van der Waals surface area contributed by atoms with Gasteiger partial charge in [-0.3, -0.25) is 0 Å². The molecular weight excluding hydrogens is 264 g/mol. The van der Waals surface area contributed by atoms with Gasteiger partial charge in [0.15, 0.2) is 0 Å². The Morgan fingerprint density at radius 1 is 1.30 bits per heavy atom. The van der Waals surface area contributed by atoms with Crippen molar-refractivity contribution in [2.24, 2.45) is 0 Å². The van der Waals surface area contributed by atoms with Gasteiger partial charge in [0.2, 0.25) is 0 Å². The highest BCUT2D eigenvalue weighted by Crippen LogP contribution is 2.18. The van der Waals surface area contributed by atoms with Gasteiger partial charge in [0.1, 0.15) is 5.75 Å². The summed E-state index contributed by atoms with van der Waals surface area (Å²) in [5, 5.41) is 12.8. The minimum Gasteiger partial charge on any atom is -0.435 e. The summed E-state index contributed by atoms with van der Waals surface area (Å²) in [6.07, 6.45) is 2.55. The Morgan fingerprint density at radius 2 is 1.95 bits per heavy atom. The molecule has 0 aliphatic carbocycles. The van der Waals surface area contributed by atoms with E-state index in [1.54, 1.807) is 12.1 Å². The van der Waals surface area contributed by atoms with Crippen LogP contribution < -0.4 is 10.1 Å². The van der Waals surface area contributed by atoms with Gasteiger partial charge in [-0.05, 0) is 50.4 Å². The first-order valence-corrected chi connectivity index (χ1v) is 6.89. The molecule has 0 spiro atoms. The molecule has 20 heavy (non-hydrogen) atoms. The third kappa shape index (κ3) is 5.84. The van der Waals surface area contributed by atoms with Crippen molar-refractivity contribution in [2.45, 2.75) is 45.3 Å². The topological polar surface area (TPSA) is 41.5 Å². The van der Waals surface area contributed by atoms with Crippen molar-refractivity contribution in [3.05, 3.63) is 29.8 Å². The van der Waals surface area contributed by atoms with E-state index in [0.717, 1.165) is 31.4 Å². The zero-order chi connectivity index (χ0) is 15.0. The molecule has 1 rings (SSSR count). The predicted octanol–water partition coefficient (Wildman–Crippen LogP) is 2.97. The Labute approximate surface area is 119 Å². The van der Waals surface area contributed by atoms with Crippen LogP contribution in [0.15, 0.2) is 24.3 Å². The smallest absolute Gasteiger partial charge is 0.387 e. The molecule has 0 fully saturated rings. The van der Waals surface area contributed by atoms with Crippen LogP contribution in [-0.2, 0) is 6.42 Å². The summed E-state index contributed by atoms with van der Waals surface area (Å²) >= 11 is 0. The molecule has 0 bridgehead atoms. The Bertz CT molecular complexity index is 384. The second kappa shape index (κ2) is 8.17. The fourth-order valence-corrected chi connectivity index (χ4v) is 1.91. The fraction of sp³-hybridized carbons (Fsp3) is 0.600. The second-order valence-electron chi connectivity index (χ2n) is 5.17. The van der Waals surface area contributed by atoms with Crippen molar-refractivity contribution >= 4 is 0 Å². The predicted molar refractivity (Wildman–Crippen MR) is 75.2 cm³/mol. The maximum Gasteiger partial charge on any atom is 0.387 e. The molecule has 0 amide bonds. The van der Waals surface area contributed by atoms with Crippen LogP contribution >= 0.6 is 0 Å². The summed E-state index contributed by atoms with van der Waals surface area (Å²) in [7, 11) is 0. The number of aliphatic hydroxyl groups is 1. The summed E-state index contributed by atoms with van der Waals surface area (Å²) in [6, 6.07) is 6.62. The Hall–Kier alpha value is -1.20. The first-order valence-electron chi connectivity index (χ1n) is 6.89. The summed E-state index contributed by atoms with van der Waals surface area (Å²) in [4.78, 5) is 0. The van der Waals surface area contributed by atoms with Gasteiger partial charge in [0.05, 0.1) is 6.61 Å². The SMILES string of the molecule is CCCNC(C)(CO)CCc1ccc(OC(F)F)cc1. The van der Waals surface area contributed by atoms with Gasteiger partial charge in [0, 0.05) is 5.54 Å². The van der Waals surface area contributed by atoms with Gasteiger partial charge < -0.3 is 15.2 Å². The summed E-state index contributed by atoms with van der Waals surface area (Å²) in [5.41, 5.74) is 0.721. The number of benzene rings is 1. The molecule has 0 aromatic heterocycles. The number of aryl methyl sites for hydroxylation is 1. The molecule has 0 aliphatic heterocycles. The van der Waals surface area contributed by atoms with E-state index >= 15 is 0 Å². The van der Waals surface area contributed by atoms with E-state index in [0.29, 0.717) is 0 Å². The molecule has 114 valence electrons. The highest BCUT2D eigenvalue weighted by atomic mass is 19.3. The summed E-state index contributed by atoms with van der Waals surface area (Å²) < 4.78 is 28.4. The van der Waals surface area contributed by atoms with Crippen molar-refractivity contribution in [1.29, 1.82) is 0 Å². The Morgan fingerprint density at radius 3 is 2.45 bits per heavy atom. The first kappa shape index (κ1) is 16.9. The van der Waals surface area contributed by atoms with Gasteiger partial charge in [-0.1, -0.05) is 19.1 Å². The lowest BCUT2D eigenvalue weighted by atomic mass is 9.94. The zero-order valence-electron chi connectivity index (χ0n) is 12.0. The number of aliphatic hydroxyl groups excluding tert-OH is 1. The van der Waals surface area contributed by atoms with E-state index in [9.17, 15) is 13.9 Å². The van der Waals surface area contributed by atoms with Crippen LogP contribution in [0.25, 0.3) is 0 Å². The Balaban J connectivity index is 2.51. The van der Waals surface area contributed by atoms with Crippen LogP contribution in [0.3, 0.4) is 0 Å². The minimum atomic E-state index is -2.79. The number of alkyl halides is 2. The van der Waals surface area contributed by atoms with Crippen LogP contribution in [0.5, 0.6) is 5.75 Å². The van der Waals surface area contributed by atoms with Crippen LogP contribution in [-0.4, -0.2) is 30.4 Å². The van der Waals surface area contributed by atoms with E-state index in [-0.39, 0.29) is 17.9 Å². The van der Waals surface area contributed by atoms with E-state index in [1.807, 2.05) is 6.92 Å². The molecule has 0 saturated heterocycles. The maximum absolute atomic E-state index is 12.0. The highest BCUT2D eigenvalue weighted by Gasteiger charge is 2.21. The average Bonchev–Trinajstić information content (AvgIpc) is 2.44. The molecule has 0 heterocycles. The lowest BCUT2D eigenvalue weighted by Crippen LogP contribution is -2.46. The molecule has 1 aromatic rings. The highest BCUT2D eigenvalue weighted by molar-refractivity contribution is 5.27. The quantitative estimate of drug-likeness (QED) is 0.733. The van der Waals surface area contributed by atoms with E-state index in [4.69, 9.17) is 0 Å². The molecule has 3 nitrogen and oxygen atoms in total. The molecule has 1 aromatic carbocycles. The van der Waals surface area contributed by atoms with Crippen LogP contribution in [0, 0.1) is 0 Å². The van der Waals surface area contributed by atoms with E-state index < -0.39 is 6.61 Å². The minimum absolute atomic E-state index is 0.0690. The van der Waals surface area contributed by atoms with Crippen LogP contribution in [0.1, 0.15) is 32.3 Å². The van der Waals surface area contributed by atoms with Crippen molar-refractivity contribution < 1.29 is 18.6 Å². The lowest BCUT2D eigenvalue weighted by Gasteiger charge is -2.29. The lowest BCUT2D eigenvalue weighted by molar-refractivity contribution is -0.0498. The average molecular weight is 287 g/mol. The Kier molecular flexibility index (Phi) is 6.88. The van der Waals surface area contributed by atoms with Crippen molar-refractivity contribution in [3.63, 3.8) is 0 Å². The van der Waals surface area contributed by atoms with Crippen molar-refractivity contribution in [2.75, 3.05) is 13.2 Å². The van der Waals surface area contributed by atoms with Gasteiger partial charge >= 0.3 is 6.61 Å². The molecule has 5 heteroatoms. The first-order chi connectivity index (χ1) is 9.49. The van der Waals surface area contributed by atoms with Gasteiger partial charge in [-0.2, -0.15) is 8.78 Å². The number of halogens is 2. The van der Waals surface area contributed by atoms with Crippen LogP contribution in [0.4, 0.5) is 8.78 Å². The molecule has 1 unspecified atom stereocenters. The fourth-order valence-electron chi connectivity index (χ4n) is 1.91. The largest absolute Gasteiger partial charge is 0.435 e. The molecular formula is C15H23F2NO2. The summed E-state index contributed by atoms with van der Waals surface area (Å²) in [5.74, 6) is 0.165.